The molecule has 1 heterocycles. The van der Waals surface area contributed by atoms with Gasteiger partial charge in [0, 0.05) is 12.1 Å². The molecule has 116 valence electrons. The molecule has 1 N–H and O–H groups in total. The molecular formula is C15H27NO4. The maximum Gasteiger partial charge on any atom is 0.410 e. The molecule has 0 aromatic rings. The first-order chi connectivity index (χ1) is 9.15. The van der Waals surface area contributed by atoms with Gasteiger partial charge in [0.25, 0.3) is 0 Å². The smallest absolute Gasteiger partial charge is 0.410 e. The largest absolute Gasteiger partial charge is 0.481 e. The van der Waals surface area contributed by atoms with Gasteiger partial charge in [-0.1, -0.05) is 13.8 Å². The Kier molecular flexibility index (Phi) is 5.05. The molecule has 5 nitrogen and oxygen atoms in total. The Morgan fingerprint density at radius 1 is 1.30 bits per heavy atom. The van der Waals surface area contributed by atoms with E-state index in [2.05, 4.69) is 0 Å². The Balaban J connectivity index is 2.94. The highest BCUT2D eigenvalue weighted by Gasteiger charge is 2.45. The zero-order chi connectivity index (χ0) is 15.6. The number of carbonyl (C=O) groups is 2. The molecule has 0 radical (unpaired) electrons. The van der Waals surface area contributed by atoms with Gasteiger partial charge in [0.15, 0.2) is 0 Å². The standard InChI is InChI=1S/C15H27NO4/c1-6-15(7-2)10-11(12(17)18)8-9-16(15)13(19)20-14(3,4)5/h11H,6-10H2,1-5H3,(H,17,18). The van der Waals surface area contributed by atoms with Crippen LogP contribution in [0.25, 0.3) is 0 Å². The third-order valence-corrected chi connectivity index (χ3v) is 4.18. The van der Waals surface area contributed by atoms with E-state index in [1.54, 1.807) is 4.90 Å². The summed E-state index contributed by atoms with van der Waals surface area (Å²) in [7, 11) is 0. The third kappa shape index (κ3) is 3.64. The molecule has 1 saturated heterocycles. The first-order valence-corrected chi connectivity index (χ1v) is 7.38. The summed E-state index contributed by atoms with van der Waals surface area (Å²) in [5, 5.41) is 9.24. The lowest BCUT2D eigenvalue weighted by Crippen LogP contribution is -2.57. The number of hydrogen-bond donors (Lipinski definition) is 1. The van der Waals surface area contributed by atoms with E-state index in [0.717, 1.165) is 12.8 Å². The second-order valence-electron chi connectivity index (χ2n) is 6.59. The number of carbonyl (C=O) groups excluding carboxylic acids is 1. The van der Waals surface area contributed by atoms with E-state index in [-0.39, 0.29) is 12.0 Å². The average molecular weight is 285 g/mol. The van der Waals surface area contributed by atoms with E-state index in [9.17, 15) is 14.7 Å². The van der Waals surface area contributed by atoms with Gasteiger partial charge in [-0.3, -0.25) is 4.79 Å². The topological polar surface area (TPSA) is 66.8 Å². The number of ether oxygens (including phenoxy) is 1. The van der Waals surface area contributed by atoms with Gasteiger partial charge in [0.05, 0.1) is 5.92 Å². The lowest BCUT2D eigenvalue weighted by Gasteiger charge is -2.48. The quantitative estimate of drug-likeness (QED) is 0.864. The van der Waals surface area contributed by atoms with Crippen molar-refractivity contribution in [3.05, 3.63) is 0 Å². The van der Waals surface area contributed by atoms with Gasteiger partial charge < -0.3 is 14.7 Å². The summed E-state index contributed by atoms with van der Waals surface area (Å²) in [6.45, 7) is 9.99. The van der Waals surface area contributed by atoms with E-state index >= 15 is 0 Å². The fourth-order valence-corrected chi connectivity index (χ4v) is 2.93. The molecule has 0 saturated carbocycles. The van der Waals surface area contributed by atoms with Gasteiger partial charge in [-0.2, -0.15) is 0 Å². The first kappa shape index (κ1) is 16.8. The normalized spacial score (nSPS) is 22.4. The number of carboxylic acids is 1. The van der Waals surface area contributed by atoms with Crippen LogP contribution < -0.4 is 0 Å². The number of rotatable bonds is 3. The minimum atomic E-state index is -0.764. The Hall–Kier alpha value is -1.26. The number of piperidine rings is 1. The van der Waals surface area contributed by atoms with E-state index in [1.807, 2.05) is 34.6 Å². The van der Waals surface area contributed by atoms with E-state index in [1.165, 1.54) is 0 Å². The number of carboxylic acid groups (broad SMARTS) is 1. The van der Waals surface area contributed by atoms with Crippen LogP contribution in [0.5, 0.6) is 0 Å². The first-order valence-electron chi connectivity index (χ1n) is 7.38. The van der Waals surface area contributed by atoms with Gasteiger partial charge in [-0.05, 0) is 46.5 Å². The Labute approximate surface area is 121 Å². The Morgan fingerprint density at radius 2 is 1.85 bits per heavy atom. The van der Waals surface area contributed by atoms with Gasteiger partial charge in [0.2, 0.25) is 0 Å². The summed E-state index contributed by atoms with van der Waals surface area (Å²) in [5.41, 5.74) is -0.933. The summed E-state index contributed by atoms with van der Waals surface area (Å²) >= 11 is 0. The highest BCUT2D eigenvalue weighted by molar-refractivity contribution is 5.73. The summed E-state index contributed by atoms with van der Waals surface area (Å²) in [5.74, 6) is -1.13. The minimum Gasteiger partial charge on any atom is -0.481 e. The molecule has 0 aromatic carbocycles. The molecule has 1 rings (SSSR count). The van der Waals surface area contributed by atoms with Crippen LogP contribution in [0, 0.1) is 5.92 Å². The van der Waals surface area contributed by atoms with Crippen molar-refractivity contribution in [2.75, 3.05) is 6.54 Å². The van der Waals surface area contributed by atoms with Crippen LogP contribution >= 0.6 is 0 Å². The molecule has 0 spiro atoms. The van der Waals surface area contributed by atoms with E-state index in [0.29, 0.717) is 19.4 Å². The van der Waals surface area contributed by atoms with Crippen LogP contribution in [0.1, 0.15) is 60.3 Å². The fraction of sp³-hybridized carbons (Fsp3) is 0.867. The van der Waals surface area contributed by atoms with Crippen molar-refractivity contribution in [2.45, 2.75) is 71.4 Å². The molecule has 1 fully saturated rings. The Morgan fingerprint density at radius 3 is 2.25 bits per heavy atom. The van der Waals surface area contributed by atoms with E-state index < -0.39 is 17.1 Å². The van der Waals surface area contributed by atoms with Crippen molar-refractivity contribution in [1.82, 2.24) is 4.90 Å². The second kappa shape index (κ2) is 6.02. The lowest BCUT2D eigenvalue weighted by atomic mass is 9.77. The highest BCUT2D eigenvalue weighted by Crippen LogP contribution is 2.38. The number of hydrogen-bond acceptors (Lipinski definition) is 3. The molecule has 0 aliphatic carbocycles. The van der Waals surface area contributed by atoms with Crippen LogP contribution in [-0.4, -0.2) is 39.8 Å². The highest BCUT2D eigenvalue weighted by atomic mass is 16.6. The fourth-order valence-electron chi connectivity index (χ4n) is 2.93. The SMILES string of the molecule is CCC1(CC)CC(C(=O)O)CCN1C(=O)OC(C)(C)C. The molecule has 5 heteroatoms. The number of aliphatic carboxylic acids is 1. The minimum absolute atomic E-state index is 0.329. The van der Waals surface area contributed by atoms with Crippen LogP contribution in [0.4, 0.5) is 4.79 Å². The Bertz CT molecular complexity index is 369. The molecule has 1 unspecified atom stereocenters. The predicted octanol–water partition coefficient (Wildman–Crippen LogP) is 3.28. The van der Waals surface area contributed by atoms with Gasteiger partial charge in [-0.25, -0.2) is 4.79 Å². The van der Waals surface area contributed by atoms with Gasteiger partial charge >= 0.3 is 12.1 Å². The summed E-state index contributed by atoms with van der Waals surface area (Å²) in [4.78, 5) is 25.4. The third-order valence-electron chi connectivity index (χ3n) is 4.18. The van der Waals surface area contributed by atoms with Crippen molar-refractivity contribution in [2.24, 2.45) is 5.92 Å². The lowest BCUT2D eigenvalue weighted by molar-refractivity contribution is -0.146. The van der Waals surface area contributed by atoms with Gasteiger partial charge in [-0.15, -0.1) is 0 Å². The van der Waals surface area contributed by atoms with Crippen molar-refractivity contribution in [3.63, 3.8) is 0 Å². The molecule has 1 amide bonds. The van der Waals surface area contributed by atoms with Crippen LogP contribution in [0.3, 0.4) is 0 Å². The molecule has 0 aromatic heterocycles. The molecule has 1 aliphatic rings. The van der Waals surface area contributed by atoms with E-state index in [4.69, 9.17) is 4.74 Å². The second-order valence-corrected chi connectivity index (χ2v) is 6.59. The average Bonchev–Trinajstić information content (AvgIpc) is 2.35. The molecule has 1 aliphatic heterocycles. The molecule has 0 bridgehead atoms. The predicted molar refractivity (Wildman–Crippen MR) is 76.6 cm³/mol. The summed E-state index contributed by atoms with van der Waals surface area (Å²) in [6, 6.07) is 0. The number of likely N-dealkylation sites (tertiary alicyclic amines) is 1. The monoisotopic (exact) mass is 285 g/mol. The number of amides is 1. The van der Waals surface area contributed by atoms with Crippen molar-refractivity contribution < 1.29 is 19.4 Å². The van der Waals surface area contributed by atoms with Crippen LogP contribution in [0.15, 0.2) is 0 Å². The summed E-state index contributed by atoms with van der Waals surface area (Å²) in [6.07, 6.45) is 2.16. The maximum atomic E-state index is 12.4. The zero-order valence-electron chi connectivity index (χ0n) is 13.2. The van der Waals surface area contributed by atoms with Crippen LogP contribution in [-0.2, 0) is 9.53 Å². The van der Waals surface area contributed by atoms with Gasteiger partial charge in [0.1, 0.15) is 5.60 Å². The summed E-state index contributed by atoms with van der Waals surface area (Å²) < 4.78 is 5.47. The van der Waals surface area contributed by atoms with Crippen molar-refractivity contribution in [3.8, 4) is 0 Å². The van der Waals surface area contributed by atoms with Crippen LogP contribution in [0.2, 0.25) is 0 Å². The molecule has 20 heavy (non-hydrogen) atoms. The number of nitrogens with zero attached hydrogens (tertiary/aromatic N) is 1. The zero-order valence-corrected chi connectivity index (χ0v) is 13.2. The van der Waals surface area contributed by atoms with Crippen molar-refractivity contribution >= 4 is 12.1 Å². The molecule has 1 atom stereocenters. The molecular weight excluding hydrogens is 258 g/mol. The van der Waals surface area contributed by atoms with Crippen molar-refractivity contribution in [1.29, 1.82) is 0 Å². The maximum absolute atomic E-state index is 12.4.